The zero-order valence-corrected chi connectivity index (χ0v) is 47.8. The molecule has 0 amide bonds. The maximum atomic E-state index is 4.97. The van der Waals surface area contributed by atoms with Gasteiger partial charge in [-0.15, -0.1) is 12.0 Å². The van der Waals surface area contributed by atoms with Crippen molar-refractivity contribution in [3.63, 3.8) is 0 Å². The molecule has 7 rings (SSSR count). The molecule has 1 N–H and O–H groups in total. The van der Waals surface area contributed by atoms with Crippen LogP contribution in [0.2, 0.25) is 0 Å². The fourth-order valence-corrected chi connectivity index (χ4v) is 7.61. The summed E-state index contributed by atoms with van der Waals surface area (Å²) in [5, 5.41) is 3.32. The van der Waals surface area contributed by atoms with E-state index < -0.39 is 0 Å². The van der Waals surface area contributed by atoms with E-state index in [1.807, 2.05) is 6.92 Å². The van der Waals surface area contributed by atoms with Gasteiger partial charge in [-0.1, -0.05) is 131 Å². The summed E-state index contributed by atoms with van der Waals surface area (Å²) < 4.78 is 4.97. The van der Waals surface area contributed by atoms with Crippen molar-refractivity contribution in [3.05, 3.63) is 197 Å². The molecule has 6 aromatic carbocycles. The van der Waals surface area contributed by atoms with E-state index >= 15 is 0 Å². The first-order chi connectivity index (χ1) is 30.9. The SMILES string of the molecule is [CH2-]C1(CC)COC1.[CH2-]CC.[CH2-]CCCCCc1ccc(N(c2ccccc2)c2ccc(-c3ccc(N(c4ccccc4)c4ccc(CCCCCCNC[CH2-])cc4)cc3)cc2)cc1.[U+2].[U+2]. The molecule has 0 atom stereocenters. The topological polar surface area (TPSA) is 27.7 Å². The van der Waals surface area contributed by atoms with Gasteiger partial charge in [-0.3, -0.25) is 0 Å². The van der Waals surface area contributed by atoms with Gasteiger partial charge in [-0.25, -0.2) is 0 Å². The van der Waals surface area contributed by atoms with Gasteiger partial charge in [0.2, 0.25) is 0 Å². The van der Waals surface area contributed by atoms with Crippen LogP contribution >= 0.6 is 0 Å². The van der Waals surface area contributed by atoms with Crippen LogP contribution in [-0.2, 0) is 17.6 Å². The van der Waals surface area contributed by atoms with Crippen LogP contribution in [0.1, 0.15) is 89.2 Å². The molecule has 1 saturated heterocycles. The summed E-state index contributed by atoms with van der Waals surface area (Å²) in [5.41, 5.74) is 12.4. The van der Waals surface area contributed by atoms with Crippen molar-refractivity contribution in [3.8, 4) is 11.1 Å². The maximum absolute atomic E-state index is 4.97. The molecule has 4 nitrogen and oxygen atoms in total. The molecule has 0 aliphatic carbocycles. The molecule has 0 bridgehead atoms. The molecule has 1 heterocycles. The Morgan fingerprint density at radius 1 is 0.477 bits per heavy atom. The molecular formula is C59H73N3OU2. The molecule has 6 aromatic rings. The summed E-state index contributed by atoms with van der Waals surface area (Å²) in [6, 6.07) is 57.5. The molecule has 1 aliphatic rings. The van der Waals surface area contributed by atoms with Crippen LogP contribution in [-0.4, -0.2) is 26.3 Å². The standard InChI is InChI=1S/C50H55N3.C6H11O.C3H7.2U/c1-3-5-6-11-18-41-24-32-47(33-25-41)52(45-20-13-9-14-21-45)49-36-28-43(29-37-49)44-30-38-50(39-31-44)53(46-22-15-10-16-23-46)48-34-26-42(27-35-48)19-12-7-8-17-40-51-4-2;1-3-6(2)4-7-5-6;1-3-2;;/h9-10,13-16,20-39,51H,1-8,11-12,17-19,40H2;2-5H2,1H3;1,3H2,2H3;;/q-2;2*-1;2*+2. The van der Waals surface area contributed by atoms with Crippen molar-refractivity contribution in [2.75, 3.05) is 36.1 Å². The van der Waals surface area contributed by atoms with Gasteiger partial charge in [0, 0.05) is 47.3 Å². The largest absolute Gasteiger partial charge is 2.00 e. The summed E-state index contributed by atoms with van der Waals surface area (Å²) in [5.74, 6) is 0. The second kappa shape index (κ2) is 31.8. The van der Waals surface area contributed by atoms with Crippen molar-refractivity contribution in [2.45, 2.75) is 90.9 Å². The molecule has 1 aliphatic heterocycles. The molecule has 6 heteroatoms. The van der Waals surface area contributed by atoms with E-state index in [2.05, 4.69) is 207 Å². The number of ether oxygens (including phenoxy) is 1. The van der Waals surface area contributed by atoms with Gasteiger partial charge in [0.15, 0.2) is 0 Å². The Morgan fingerprint density at radius 3 is 1.15 bits per heavy atom. The van der Waals surface area contributed by atoms with Gasteiger partial charge < -0.3 is 47.5 Å². The minimum absolute atomic E-state index is 0. The number of rotatable bonds is 21. The number of aryl methyl sites for hydroxylation is 2. The predicted octanol–water partition coefficient (Wildman–Crippen LogP) is 16.2. The van der Waals surface area contributed by atoms with Gasteiger partial charge in [0.1, 0.15) is 0 Å². The molecule has 0 aromatic heterocycles. The van der Waals surface area contributed by atoms with Crippen LogP contribution in [0.25, 0.3) is 11.1 Å². The summed E-state index contributed by atoms with van der Waals surface area (Å²) in [4.78, 5) is 4.69. The van der Waals surface area contributed by atoms with Crippen LogP contribution < -0.4 is 15.1 Å². The Labute approximate surface area is 442 Å². The van der Waals surface area contributed by atoms with Gasteiger partial charge in [0.05, 0.1) is 0 Å². The Hall–Kier alpha value is -3.06. The van der Waals surface area contributed by atoms with Crippen molar-refractivity contribution >= 4 is 34.1 Å². The zero-order valence-electron chi connectivity index (χ0n) is 39.5. The third-order valence-electron chi connectivity index (χ3n) is 11.5. The van der Waals surface area contributed by atoms with Crippen LogP contribution in [0.15, 0.2) is 158 Å². The molecule has 1 fully saturated rings. The number of nitrogens with zero attached hydrogens (tertiary/aromatic N) is 2. The van der Waals surface area contributed by atoms with E-state index in [1.165, 1.54) is 72.9 Å². The average Bonchev–Trinajstić information content (AvgIpc) is 3.32. The quantitative estimate of drug-likeness (QED) is 0.0574. The van der Waals surface area contributed by atoms with E-state index in [9.17, 15) is 0 Å². The van der Waals surface area contributed by atoms with Crippen molar-refractivity contribution < 1.29 is 67.0 Å². The number of para-hydroxylation sites is 2. The first-order valence-electron chi connectivity index (χ1n) is 23.5. The van der Waals surface area contributed by atoms with Crippen molar-refractivity contribution in [1.82, 2.24) is 5.32 Å². The summed E-state index contributed by atoms with van der Waals surface area (Å²) in [6.07, 6.45) is 14.1. The Balaban J connectivity index is 0.000000835. The summed E-state index contributed by atoms with van der Waals surface area (Å²) in [7, 11) is 0. The molecule has 0 unspecified atom stereocenters. The Kier molecular flexibility index (Phi) is 27.6. The normalized spacial score (nSPS) is 12.2. The van der Waals surface area contributed by atoms with E-state index in [1.54, 1.807) is 0 Å². The summed E-state index contributed by atoms with van der Waals surface area (Å²) >= 11 is 0. The van der Waals surface area contributed by atoms with Gasteiger partial charge >= 0.3 is 62.2 Å². The van der Waals surface area contributed by atoms with Crippen molar-refractivity contribution in [2.24, 2.45) is 5.41 Å². The van der Waals surface area contributed by atoms with Crippen molar-refractivity contribution in [1.29, 1.82) is 0 Å². The smallest absolute Gasteiger partial charge is 0.386 e. The minimum atomic E-state index is 0. The predicted molar refractivity (Wildman–Crippen MR) is 274 cm³/mol. The fourth-order valence-electron chi connectivity index (χ4n) is 7.61. The molecular weight excluding hydrogens is 1240 g/mol. The number of nitrogens with one attached hydrogen (secondary N) is 1. The molecule has 338 valence electrons. The number of anilines is 6. The second-order valence-corrected chi connectivity index (χ2v) is 16.7. The Bertz CT molecular complexity index is 2080. The molecule has 65 heavy (non-hydrogen) atoms. The average molecular weight is 1320 g/mol. The van der Waals surface area contributed by atoms with Gasteiger partial charge in [-0.05, 0) is 134 Å². The molecule has 0 spiro atoms. The zero-order chi connectivity index (χ0) is 44.5. The minimum Gasteiger partial charge on any atom is -0.386 e. The maximum Gasteiger partial charge on any atom is 2.00 e. The third-order valence-corrected chi connectivity index (χ3v) is 11.5. The summed E-state index contributed by atoms with van der Waals surface area (Å²) in [6.45, 7) is 23.1. The van der Waals surface area contributed by atoms with E-state index in [4.69, 9.17) is 4.74 Å². The molecule has 0 saturated carbocycles. The first-order valence-corrected chi connectivity index (χ1v) is 23.5. The van der Waals surface area contributed by atoms with E-state index in [0.717, 1.165) is 86.8 Å². The van der Waals surface area contributed by atoms with Crippen LogP contribution in [0.5, 0.6) is 0 Å². The van der Waals surface area contributed by atoms with E-state index in [-0.39, 0.29) is 62.2 Å². The first kappa shape index (κ1) is 56.3. The van der Waals surface area contributed by atoms with Crippen LogP contribution in [0.3, 0.4) is 0 Å². The Morgan fingerprint density at radius 2 is 0.831 bits per heavy atom. The number of hydrogen-bond acceptors (Lipinski definition) is 4. The molecule has 0 radical (unpaired) electrons. The third kappa shape index (κ3) is 18.5. The van der Waals surface area contributed by atoms with Crippen LogP contribution in [0.4, 0.5) is 34.1 Å². The number of unbranched alkanes of at least 4 members (excludes halogenated alkanes) is 6. The van der Waals surface area contributed by atoms with E-state index in [0.29, 0.717) is 5.41 Å². The van der Waals surface area contributed by atoms with Gasteiger partial charge in [0.25, 0.3) is 0 Å². The monoisotopic (exact) mass is 1320 g/mol. The van der Waals surface area contributed by atoms with Crippen LogP contribution in [0, 0.1) is 95.3 Å². The second-order valence-electron chi connectivity index (χ2n) is 16.7. The van der Waals surface area contributed by atoms with Gasteiger partial charge in [-0.2, -0.15) is 12.8 Å². The number of benzene rings is 6. The fraction of sp³-hybridized carbons (Fsp3) is 0.322. The number of hydrogen-bond donors (Lipinski definition) is 1.